The highest BCUT2D eigenvalue weighted by molar-refractivity contribution is 5.99. The quantitative estimate of drug-likeness (QED) is 0.556. The second kappa shape index (κ2) is 4.05. The summed E-state index contributed by atoms with van der Waals surface area (Å²) in [5.41, 5.74) is 1.41. The second-order valence-corrected chi connectivity index (χ2v) is 4.70. The monoisotopic (exact) mass is 206 g/mol. The smallest absolute Gasteiger partial charge is 0.163 e. The molecule has 15 heavy (non-hydrogen) atoms. The number of allylic oxidation sites excluding steroid dienone is 6. The van der Waals surface area contributed by atoms with E-state index in [1.807, 2.05) is 12.2 Å². The van der Waals surface area contributed by atoms with Gasteiger partial charge in [-0.15, -0.1) is 0 Å². The van der Waals surface area contributed by atoms with Crippen molar-refractivity contribution in [3.63, 3.8) is 0 Å². The Bertz CT molecular complexity index is 364. The molecule has 0 radical (unpaired) electrons. The second-order valence-electron chi connectivity index (χ2n) is 4.70. The minimum absolute atomic E-state index is 0.0920. The normalized spacial score (nSPS) is 20.7. The fraction of sp³-hybridized carbons (Fsp3) is 0.462. The van der Waals surface area contributed by atoms with Crippen molar-refractivity contribution in [1.29, 1.82) is 0 Å². The molecule has 0 aromatic heterocycles. The Morgan fingerprint density at radius 3 is 2.33 bits per heavy atom. The van der Waals surface area contributed by atoms with Crippen molar-refractivity contribution < 1.29 is 9.90 Å². The third-order valence-electron chi connectivity index (χ3n) is 2.56. The first-order chi connectivity index (χ1) is 6.83. The summed E-state index contributed by atoms with van der Waals surface area (Å²) in [5, 5.41) is 9.45. The average Bonchev–Trinajstić information content (AvgIpc) is 2.07. The van der Waals surface area contributed by atoms with Crippen molar-refractivity contribution in [2.45, 2.75) is 34.1 Å². The molecule has 1 aliphatic rings. The Morgan fingerprint density at radius 1 is 1.40 bits per heavy atom. The van der Waals surface area contributed by atoms with E-state index < -0.39 is 0 Å². The lowest BCUT2D eigenvalue weighted by atomic mass is 9.82. The summed E-state index contributed by atoms with van der Waals surface area (Å²) >= 11 is 0. The van der Waals surface area contributed by atoms with Crippen molar-refractivity contribution >= 4 is 5.78 Å². The summed E-state index contributed by atoms with van der Waals surface area (Å²) in [5.74, 6) is 0.00344. The molecule has 1 aliphatic carbocycles. The standard InChI is InChI=1S/C13H18O2/c1-9(14)12(10(2)15)11-5-7-13(3,4)8-6-11/h5-7,14H,8H2,1-4H3/b12-9+. The average molecular weight is 206 g/mol. The zero-order valence-corrected chi connectivity index (χ0v) is 9.79. The van der Waals surface area contributed by atoms with Crippen LogP contribution in [-0.2, 0) is 4.79 Å². The van der Waals surface area contributed by atoms with E-state index in [9.17, 15) is 9.90 Å². The summed E-state index contributed by atoms with van der Waals surface area (Å²) in [6.07, 6.45) is 6.90. The molecule has 0 aromatic carbocycles. The van der Waals surface area contributed by atoms with E-state index in [2.05, 4.69) is 19.9 Å². The van der Waals surface area contributed by atoms with Crippen molar-refractivity contribution in [1.82, 2.24) is 0 Å². The van der Waals surface area contributed by atoms with Gasteiger partial charge in [-0.2, -0.15) is 0 Å². The van der Waals surface area contributed by atoms with Gasteiger partial charge in [-0.05, 0) is 31.3 Å². The lowest BCUT2D eigenvalue weighted by Crippen LogP contribution is -2.12. The predicted octanol–water partition coefficient (Wildman–Crippen LogP) is 3.32. The number of aliphatic hydroxyl groups is 1. The molecule has 82 valence electrons. The maximum atomic E-state index is 11.4. The van der Waals surface area contributed by atoms with E-state index in [1.54, 1.807) is 6.92 Å². The first kappa shape index (κ1) is 11.8. The number of Topliss-reactive ketones (excluding diaryl/α,β-unsaturated/α-hetero) is 1. The maximum Gasteiger partial charge on any atom is 0.163 e. The molecule has 2 nitrogen and oxygen atoms in total. The van der Waals surface area contributed by atoms with Crippen LogP contribution in [0.3, 0.4) is 0 Å². The van der Waals surface area contributed by atoms with Gasteiger partial charge in [0.25, 0.3) is 0 Å². The van der Waals surface area contributed by atoms with Gasteiger partial charge in [-0.1, -0.05) is 32.1 Å². The van der Waals surface area contributed by atoms with Crippen molar-refractivity contribution in [2.75, 3.05) is 0 Å². The molecular weight excluding hydrogens is 188 g/mol. The van der Waals surface area contributed by atoms with E-state index in [1.165, 1.54) is 6.92 Å². The highest BCUT2D eigenvalue weighted by Crippen LogP contribution is 2.31. The van der Waals surface area contributed by atoms with Gasteiger partial charge in [0, 0.05) is 0 Å². The van der Waals surface area contributed by atoms with Crippen LogP contribution in [-0.4, -0.2) is 10.9 Å². The molecule has 0 aromatic rings. The molecule has 0 heterocycles. The third-order valence-corrected chi connectivity index (χ3v) is 2.56. The lowest BCUT2D eigenvalue weighted by molar-refractivity contribution is -0.113. The van der Waals surface area contributed by atoms with Gasteiger partial charge >= 0.3 is 0 Å². The van der Waals surface area contributed by atoms with Gasteiger partial charge in [-0.25, -0.2) is 0 Å². The van der Waals surface area contributed by atoms with Crippen LogP contribution in [0.1, 0.15) is 34.1 Å². The van der Waals surface area contributed by atoms with Crippen LogP contribution in [0.15, 0.2) is 35.1 Å². The van der Waals surface area contributed by atoms with E-state index in [0.717, 1.165) is 12.0 Å². The van der Waals surface area contributed by atoms with E-state index in [-0.39, 0.29) is 17.0 Å². The van der Waals surface area contributed by atoms with Gasteiger partial charge in [0.15, 0.2) is 5.78 Å². The lowest BCUT2D eigenvalue weighted by Gasteiger charge is -2.23. The topological polar surface area (TPSA) is 37.3 Å². The van der Waals surface area contributed by atoms with Gasteiger partial charge in [0.05, 0.1) is 5.57 Å². The number of hydrogen-bond donors (Lipinski definition) is 1. The number of carbonyl (C=O) groups is 1. The highest BCUT2D eigenvalue weighted by Gasteiger charge is 2.20. The van der Waals surface area contributed by atoms with Crippen molar-refractivity contribution in [3.05, 3.63) is 35.1 Å². The maximum absolute atomic E-state index is 11.4. The summed E-state index contributed by atoms with van der Waals surface area (Å²) in [6, 6.07) is 0. The third kappa shape index (κ3) is 2.82. The fourth-order valence-electron chi connectivity index (χ4n) is 1.68. The SMILES string of the molecule is CC(=O)/C(C1=CCC(C)(C)C=C1)=C(/C)O. The summed E-state index contributed by atoms with van der Waals surface area (Å²) in [7, 11) is 0. The van der Waals surface area contributed by atoms with Gasteiger partial charge in [0.2, 0.25) is 0 Å². The van der Waals surface area contributed by atoms with Crippen molar-refractivity contribution in [2.24, 2.45) is 5.41 Å². The Labute approximate surface area is 91.0 Å². The first-order valence-corrected chi connectivity index (χ1v) is 5.14. The molecule has 0 spiro atoms. The Hall–Kier alpha value is -1.31. The molecular formula is C13H18O2. The van der Waals surface area contributed by atoms with Crippen LogP contribution in [0, 0.1) is 5.41 Å². The number of rotatable bonds is 2. The van der Waals surface area contributed by atoms with Crippen LogP contribution in [0.4, 0.5) is 0 Å². The minimum Gasteiger partial charge on any atom is -0.512 e. The molecule has 0 atom stereocenters. The first-order valence-electron chi connectivity index (χ1n) is 5.14. The number of hydrogen-bond acceptors (Lipinski definition) is 2. The van der Waals surface area contributed by atoms with Crippen LogP contribution in [0.5, 0.6) is 0 Å². The molecule has 0 saturated heterocycles. The molecule has 0 fully saturated rings. The zero-order chi connectivity index (χ0) is 11.6. The molecule has 0 bridgehead atoms. The molecule has 0 unspecified atom stereocenters. The molecule has 0 saturated carbocycles. The Balaban J connectivity index is 3.03. The Morgan fingerprint density at radius 2 is 2.00 bits per heavy atom. The largest absolute Gasteiger partial charge is 0.512 e. The number of aliphatic hydroxyl groups excluding tert-OH is 1. The number of carbonyl (C=O) groups excluding carboxylic acids is 1. The minimum atomic E-state index is -0.0920. The molecule has 0 aliphatic heterocycles. The predicted molar refractivity (Wildman–Crippen MR) is 61.6 cm³/mol. The fourth-order valence-corrected chi connectivity index (χ4v) is 1.68. The highest BCUT2D eigenvalue weighted by atomic mass is 16.3. The molecule has 0 amide bonds. The van der Waals surface area contributed by atoms with Gasteiger partial charge in [0.1, 0.15) is 5.76 Å². The summed E-state index contributed by atoms with van der Waals surface area (Å²) < 4.78 is 0. The molecule has 1 N–H and O–H groups in total. The van der Waals surface area contributed by atoms with Crippen LogP contribution < -0.4 is 0 Å². The Kier molecular flexibility index (Phi) is 3.18. The van der Waals surface area contributed by atoms with E-state index in [0.29, 0.717) is 5.57 Å². The molecule has 2 heteroatoms. The van der Waals surface area contributed by atoms with Crippen LogP contribution in [0.2, 0.25) is 0 Å². The molecule has 1 rings (SSSR count). The number of ketones is 1. The van der Waals surface area contributed by atoms with Gasteiger partial charge in [-0.3, -0.25) is 4.79 Å². The zero-order valence-electron chi connectivity index (χ0n) is 9.79. The van der Waals surface area contributed by atoms with E-state index >= 15 is 0 Å². The van der Waals surface area contributed by atoms with Crippen LogP contribution in [0.25, 0.3) is 0 Å². The van der Waals surface area contributed by atoms with Crippen LogP contribution >= 0.6 is 0 Å². The summed E-state index contributed by atoms with van der Waals surface area (Å²) in [4.78, 5) is 11.4. The van der Waals surface area contributed by atoms with E-state index in [4.69, 9.17) is 0 Å². The van der Waals surface area contributed by atoms with Crippen molar-refractivity contribution in [3.8, 4) is 0 Å². The summed E-state index contributed by atoms with van der Waals surface area (Å²) in [6.45, 7) is 7.30. The van der Waals surface area contributed by atoms with Gasteiger partial charge < -0.3 is 5.11 Å².